The van der Waals surface area contributed by atoms with Crippen molar-refractivity contribution >= 4 is 29.1 Å². The van der Waals surface area contributed by atoms with Gasteiger partial charge in [0.2, 0.25) is 0 Å². The molecule has 4 rings (SSSR count). The van der Waals surface area contributed by atoms with Crippen molar-refractivity contribution in [2.45, 2.75) is 19.5 Å². The van der Waals surface area contributed by atoms with Gasteiger partial charge in [-0.15, -0.1) is 0 Å². The molecule has 0 bridgehead atoms. The third-order valence-corrected chi connectivity index (χ3v) is 5.41. The fraction of sp³-hybridized carbons (Fsp3) is 0.167. The molecule has 1 aliphatic rings. The maximum atomic E-state index is 14.0. The summed E-state index contributed by atoms with van der Waals surface area (Å²) in [5.41, 5.74) is 0.414. The quantitative estimate of drug-likeness (QED) is 0.318. The molecule has 0 aliphatic carbocycles. The summed E-state index contributed by atoms with van der Waals surface area (Å²) in [4.78, 5) is 27.1. The molecule has 164 valence electrons. The summed E-state index contributed by atoms with van der Waals surface area (Å²) in [7, 11) is 0. The van der Waals surface area contributed by atoms with Crippen molar-refractivity contribution in [1.82, 2.24) is 4.90 Å². The molecule has 1 aliphatic heterocycles. The summed E-state index contributed by atoms with van der Waals surface area (Å²) >= 11 is 6.24. The summed E-state index contributed by atoms with van der Waals surface area (Å²) in [6.07, 6.45) is 1.45. The van der Waals surface area contributed by atoms with Gasteiger partial charge >= 0.3 is 0 Å². The second-order valence-electron chi connectivity index (χ2n) is 7.14. The lowest BCUT2D eigenvalue weighted by Crippen LogP contribution is -2.29. The van der Waals surface area contributed by atoms with Crippen molar-refractivity contribution in [2.24, 2.45) is 0 Å². The van der Waals surface area contributed by atoms with Crippen molar-refractivity contribution in [3.8, 4) is 5.75 Å². The highest BCUT2D eigenvalue weighted by atomic mass is 35.5. The molecule has 0 saturated carbocycles. The fourth-order valence-corrected chi connectivity index (χ4v) is 3.95. The number of hydrogen-bond acceptors (Lipinski definition) is 5. The predicted molar refractivity (Wildman–Crippen MR) is 116 cm³/mol. The normalized spacial score (nSPS) is 17.7. The van der Waals surface area contributed by atoms with Crippen LogP contribution in [-0.4, -0.2) is 28.3 Å². The Morgan fingerprint density at radius 3 is 2.66 bits per heavy atom. The molecule has 3 aromatic rings. The van der Waals surface area contributed by atoms with E-state index in [0.717, 1.165) is 0 Å². The van der Waals surface area contributed by atoms with Crippen LogP contribution in [0.2, 0.25) is 5.02 Å². The molecule has 32 heavy (non-hydrogen) atoms. The molecule has 0 unspecified atom stereocenters. The Hall–Kier alpha value is -3.58. The van der Waals surface area contributed by atoms with Gasteiger partial charge in [0.25, 0.3) is 11.7 Å². The van der Waals surface area contributed by atoms with E-state index < -0.39 is 29.3 Å². The van der Waals surface area contributed by atoms with Crippen LogP contribution in [0.4, 0.5) is 4.39 Å². The van der Waals surface area contributed by atoms with Crippen LogP contribution in [0.3, 0.4) is 0 Å². The molecule has 1 fully saturated rings. The van der Waals surface area contributed by atoms with E-state index in [1.165, 1.54) is 41.5 Å². The number of halogens is 2. The number of ketones is 1. The van der Waals surface area contributed by atoms with E-state index >= 15 is 0 Å². The molecule has 1 saturated heterocycles. The van der Waals surface area contributed by atoms with Crippen LogP contribution < -0.4 is 4.74 Å². The number of amides is 1. The number of ether oxygens (including phenoxy) is 1. The van der Waals surface area contributed by atoms with Gasteiger partial charge in [0, 0.05) is 5.56 Å². The summed E-state index contributed by atoms with van der Waals surface area (Å²) in [5.74, 6) is -1.79. The Labute approximate surface area is 188 Å². The number of likely N-dealkylation sites (tertiary alicyclic amines) is 1. The maximum absolute atomic E-state index is 14.0. The van der Waals surface area contributed by atoms with Gasteiger partial charge in [-0.2, -0.15) is 0 Å². The van der Waals surface area contributed by atoms with Crippen LogP contribution in [0.1, 0.15) is 29.9 Å². The van der Waals surface area contributed by atoms with Crippen molar-refractivity contribution in [3.05, 3.63) is 94.2 Å². The zero-order valence-electron chi connectivity index (χ0n) is 17.0. The zero-order chi connectivity index (χ0) is 22.8. The predicted octanol–water partition coefficient (Wildman–Crippen LogP) is 5.09. The van der Waals surface area contributed by atoms with Crippen molar-refractivity contribution in [3.63, 3.8) is 0 Å². The standard InChI is InChI=1S/C24H19ClFNO5/c1-2-31-19-9-8-15(12-18(19)25)22(28)20-21(14-5-3-6-16(26)11-14)27(24(30)23(20)29)13-17-7-4-10-32-17/h3-12,21,28H,2,13H2,1H3/t21-/m1/s1. The van der Waals surface area contributed by atoms with Crippen LogP contribution in [0, 0.1) is 5.82 Å². The number of nitrogens with zero attached hydrogens (tertiary/aromatic N) is 1. The van der Waals surface area contributed by atoms with Crippen molar-refractivity contribution < 1.29 is 28.2 Å². The molecule has 0 spiro atoms. The summed E-state index contributed by atoms with van der Waals surface area (Å²) in [6, 6.07) is 12.4. The average Bonchev–Trinajstić information content (AvgIpc) is 3.37. The topological polar surface area (TPSA) is 80.0 Å². The fourth-order valence-electron chi connectivity index (χ4n) is 3.71. The van der Waals surface area contributed by atoms with E-state index in [2.05, 4.69) is 0 Å². The number of carbonyl (C=O) groups is 2. The van der Waals surface area contributed by atoms with Gasteiger partial charge in [-0.25, -0.2) is 4.39 Å². The number of carbonyl (C=O) groups excluding carboxylic acids is 2. The van der Waals surface area contributed by atoms with Gasteiger partial charge in [-0.05, 0) is 55.0 Å². The highest BCUT2D eigenvalue weighted by Crippen LogP contribution is 2.41. The second kappa shape index (κ2) is 8.88. The lowest BCUT2D eigenvalue weighted by atomic mass is 9.95. The highest BCUT2D eigenvalue weighted by molar-refractivity contribution is 6.46. The molecule has 2 heterocycles. The molecule has 1 N–H and O–H groups in total. The molecule has 8 heteroatoms. The lowest BCUT2D eigenvalue weighted by molar-refractivity contribution is -0.140. The summed E-state index contributed by atoms with van der Waals surface area (Å²) in [5, 5.41) is 11.3. The first-order valence-corrected chi connectivity index (χ1v) is 10.3. The third kappa shape index (κ3) is 3.99. The number of furan rings is 1. The van der Waals surface area contributed by atoms with E-state index in [1.807, 2.05) is 6.92 Å². The minimum atomic E-state index is -1.01. The van der Waals surface area contributed by atoms with E-state index in [0.29, 0.717) is 23.7 Å². The van der Waals surface area contributed by atoms with Gasteiger partial charge in [-0.1, -0.05) is 23.7 Å². The van der Waals surface area contributed by atoms with Crippen LogP contribution in [-0.2, 0) is 16.1 Å². The third-order valence-electron chi connectivity index (χ3n) is 5.12. The minimum absolute atomic E-state index is 0.0282. The Kier molecular flexibility index (Phi) is 6.01. The molecule has 0 radical (unpaired) electrons. The largest absolute Gasteiger partial charge is 0.507 e. The van der Waals surface area contributed by atoms with Gasteiger partial charge in [0.1, 0.15) is 23.1 Å². The average molecular weight is 456 g/mol. The van der Waals surface area contributed by atoms with Gasteiger partial charge in [0.15, 0.2) is 0 Å². The van der Waals surface area contributed by atoms with Crippen LogP contribution >= 0.6 is 11.6 Å². The molecular formula is C24H19ClFNO5. The first kappa shape index (κ1) is 21.6. The molecule has 1 atom stereocenters. The van der Waals surface area contributed by atoms with Gasteiger partial charge in [-0.3, -0.25) is 9.59 Å². The molecule has 6 nitrogen and oxygen atoms in total. The number of benzene rings is 2. The number of hydrogen-bond donors (Lipinski definition) is 1. The van der Waals surface area contributed by atoms with E-state index in [1.54, 1.807) is 24.3 Å². The SMILES string of the molecule is CCOc1ccc(C(O)=C2C(=O)C(=O)N(Cc3ccco3)[C@@H]2c2cccc(F)c2)cc1Cl. The lowest BCUT2D eigenvalue weighted by Gasteiger charge is -2.24. The molecular weight excluding hydrogens is 437 g/mol. The van der Waals surface area contributed by atoms with E-state index in [9.17, 15) is 19.1 Å². The van der Waals surface area contributed by atoms with E-state index in [4.69, 9.17) is 20.8 Å². The first-order chi connectivity index (χ1) is 15.4. The smallest absolute Gasteiger partial charge is 0.296 e. The Morgan fingerprint density at radius 2 is 2.00 bits per heavy atom. The van der Waals surface area contributed by atoms with Crippen molar-refractivity contribution in [1.29, 1.82) is 0 Å². The minimum Gasteiger partial charge on any atom is -0.507 e. The maximum Gasteiger partial charge on any atom is 0.296 e. The molecule has 1 amide bonds. The van der Waals surface area contributed by atoms with Gasteiger partial charge in [0.05, 0.1) is 36.1 Å². The Morgan fingerprint density at radius 1 is 1.19 bits per heavy atom. The van der Waals surface area contributed by atoms with Gasteiger partial charge < -0.3 is 19.2 Å². The number of Topliss-reactive ketones (excluding diaryl/α,β-unsaturated/α-hetero) is 1. The Bertz CT molecular complexity index is 1200. The van der Waals surface area contributed by atoms with E-state index in [-0.39, 0.29) is 22.7 Å². The number of aliphatic hydroxyl groups excluding tert-OH is 1. The summed E-state index contributed by atoms with van der Waals surface area (Å²) < 4.78 is 24.8. The molecule has 1 aromatic heterocycles. The molecule has 2 aromatic carbocycles. The second-order valence-corrected chi connectivity index (χ2v) is 7.55. The Balaban J connectivity index is 1.85. The zero-order valence-corrected chi connectivity index (χ0v) is 17.8. The number of aliphatic hydroxyl groups is 1. The first-order valence-electron chi connectivity index (χ1n) is 9.89. The van der Waals surface area contributed by atoms with Crippen molar-refractivity contribution in [2.75, 3.05) is 6.61 Å². The van der Waals surface area contributed by atoms with Crippen LogP contribution in [0.15, 0.2) is 70.9 Å². The van der Waals surface area contributed by atoms with Crippen LogP contribution in [0.25, 0.3) is 5.76 Å². The monoisotopic (exact) mass is 455 g/mol. The summed E-state index contributed by atoms with van der Waals surface area (Å²) in [6.45, 7) is 2.19. The van der Waals surface area contributed by atoms with Crippen LogP contribution in [0.5, 0.6) is 5.75 Å². The number of rotatable bonds is 6. The highest BCUT2D eigenvalue weighted by Gasteiger charge is 2.46.